The first kappa shape index (κ1) is 14.5. The second-order valence-corrected chi connectivity index (χ2v) is 4.66. The number of benzene rings is 1. The zero-order chi connectivity index (χ0) is 12.7. The van der Waals surface area contributed by atoms with Crippen molar-refractivity contribution >= 4 is 11.6 Å². The molecule has 0 saturated heterocycles. The fraction of sp³-hybridized carbons (Fsp3) is 0.571. The van der Waals surface area contributed by atoms with Crippen molar-refractivity contribution in [2.45, 2.75) is 32.7 Å². The number of hydrogen-bond acceptors (Lipinski definition) is 2. The third kappa shape index (κ3) is 4.66. The van der Waals surface area contributed by atoms with E-state index in [0.717, 1.165) is 36.6 Å². The molecule has 0 aliphatic rings. The minimum Gasteiger partial charge on any atom is -0.385 e. The van der Waals surface area contributed by atoms with Crippen LogP contribution in [0, 0.1) is 6.92 Å². The van der Waals surface area contributed by atoms with Gasteiger partial charge in [0.25, 0.3) is 0 Å². The van der Waals surface area contributed by atoms with Gasteiger partial charge in [0.1, 0.15) is 0 Å². The molecule has 1 rings (SSSR count). The second-order valence-electron chi connectivity index (χ2n) is 4.25. The van der Waals surface area contributed by atoms with E-state index in [9.17, 15) is 0 Å². The molecule has 0 bridgehead atoms. The molecule has 0 radical (unpaired) electrons. The molecule has 96 valence electrons. The Morgan fingerprint density at radius 2 is 2.18 bits per heavy atom. The van der Waals surface area contributed by atoms with E-state index in [1.165, 1.54) is 5.56 Å². The van der Waals surface area contributed by atoms with Crippen LogP contribution in [0.25, 0.3) is 0 Å². The van der Waals surface area contributed by atoms with Crippen molar-refractivity contribution < 1.29 is 4.74 Å². The van der Waals surface area contributed by atoms with Gasteiger partial charge in [0.2, 0.25) is 0 Å². The van der Waals surface area contributed by atoms with E-state index >= 15 is 0 Å². The van der Waals surface area contributed by atoms with Gasteiger partial charge in [-0.2, -0.15) is 0 Å². The van der Waals surface area contributed by atoms with Gasteiger partial charge in [-0.3, -0.25) is 0 Å². The molecule has 0 saturated carbocycles. The van der Waals surface area contributed by atoms with Gasteiger partial charge in [0, 0.05) is 24.8 Å². The molecule has 0 amide bonds. The van der Waals surface area contributed by atoms with Crippen LogP contribution in [0.4, 0.5) is 0 Å². The number of halogens is 1. The molecular formula is C14H22ClNO. The standard InChI is InChI=1S/C14H22ClNO/c1-4-16-14(6-5-9-17-3)12-7-8-13(15)11(2)10-12/h7-8,10,14,16H,4-6,9H2,1-3H3. The lowest BCUT2D eigenvalue weighted by Gasteiger charge is -2.19. The summed E-state index contributed by atoms with van der Waals surface area (Å²) >= 11 is 6.05. The van der Waals surface area contributed by atoms with Crippen LogP contribution < -0.4 is 5.32 Å². The van der Waals surface area contributed by atoms with Gasteiger partial charge in [-0.25, -0.2) is 0 Å². The number of ether oxygens (including phenoxy) is 1. The van der Waals surface area contributed by atoms with Crippen LogP contribution in [0.15, 0.2) is 18.2 Å². The molecule has 1 N–H and O–H groups in total. The largest absolute Gasteiger partial charge is 0.385 e. The minimum absolute atomic E-state index is 0.395. The van der Waals surface area contributed by atoms with Crippen LogP contribution in [0.1, 0.15) is 36.9 Å². The monoisotopic (exact) mass is 255 g/mol. The predicted molar refractivity (Wildman–Crippen MR) is 73.7 cm³/mol. The molecule has 1 unspecified atom stereocenters. The van der Waals surface area contributed by atoms with Crippen molar-refractivity contribution in [3.05, 3.63) is 34.3 Å². The average Bonchev–Trinajstić information content (AvgIpc) is 2.32. The van der Waals surface area contributed by atoms with Crippen molar-refractivity contribution in [1.82, 2.24) is 5.32 Å². The van der Waals surface area contributed by atoms with E-state index in [4.69, 9.17) is 16.3 Å². The van der Waals surface area contributed by atoms with E-state index in [2.05, 4.69) is 24.4 Å². The molecular weight excluding hydrogens is 234 g/mol. The van der Waals surface area contributed by atoms with Gasteiger partial charge in [-0.15, -0.1) is 0 Å². The quantitative estimate of drug-likeness (QED) is 0.750. The summed E-state index contributed by atoms with van der Waals surface area (Å²) in [6, 6.07) is 6.65. The highest BCUT2D eigenvalue weighted by Gasteiger charge is 2.10. The van der Waals surface area contributed by atoms with Crippen LogP contribution in [-0.4, -0.2) is 20.3 Å². The van der Waals surface area contributed by atoms with Crippen LogP contribution in [0.2, 0.25) is 5.02 Å². The van der Waals surface area contributed by atoms with Crippen molar-refractivity contribution in [2.75, 3.05) is 20.3 Å². The fourth-order valence-electron chi connectivity index (χ4n) is 1.95. The van der Waals surface area contributed by atoms with Gasteiger partial charge in [0.05, 0.1) is 0 Å². The Balaban J connectivity index is 2.70. The number of nitrogens with one attached hydrogen (secondary N) is 1. The summed E-state index contributed by atoms with van der Waals surface area (Å²) in [6.45, 7) is 5.96. The molecule has 0 aromatic heterocycles. The molecule has 0 fully saturated rings. The molecule has 1 aromatic rings. The van der Waals surface area contributed by atoms with E-state index in [-0.39, 0.29) is 0 Å². The van der Waals surface area contributed by atoms with Crippen molar-refractivity contribution in [2.24, 2.45) is 0 Å². The summed E-state index contributed by atoms with van der Waals surface area (Å²) in [6.07, 6.45) is 2.15. The zero-order valence-electron chi connectivity index (χ0n) is 10.9. The summed E-state index contributed by atoms with van der Waals surface area (Å²) in [4.78, 5) is 0. The highest BCUT2D eigenvalue weighted by Crippen LogP contribution is 2.23. The Hall–Kier alpha value is -0.570. The molecule has 1 atom stereocenters. The third-order valence-corrected chi connectivity index (χ3v) is 3.30. The Labute approximate surface area is 109 Å². The van der Waals surface area contributed by atoms with Gasteiger partial charge in [-0.1, -0.05) is 30.7 Å². The van der Waals surface area contributed by atoms with Crippen molar-refractivity contribution in [3.63, 3.8) is 0 Å². The molecule has 1 aromatic carbocycles. The van der Waals surface area contributed by atoms with Gasteiger partial charge in [-0.05, 0) is 43.5 Å². The SMILES string of the molecule is CCNC(CCCOC)c1ccc(Cl)c(C)c1. The Morgan fingerprint density at radius 3 is 2.76 bits per heavy atom. The van der Waals surface area contributed by atoms with Gasteiger partial charge < -0.3 is 10.1 Å². The van der Waals surface area contributed by atoms with Gasteiger partial charge >= 0.3 is 0 Å². The van der Waals surface area contributed by atoms with Crippen LogP contribution >= 0.6 is 11.6 Å². The first-order valence-corrected chi connectivity index (χ1v) is 6.55. The van der Waals surface area contributed by atoms with E-state index in [1.807, 2.05) is 13.0 Å². The normalized spacial score (nSPS) is 12.7. The first-order valence-electron chi connectivity index (χ1n) is 6.17. The number of rotatable bonds is 7. The Kier molecular flexibility index (Phi) is 6.56. The van der Waals surface area contributed by atoms with E-state index < -0.39 is 0 Å². The lowest BCUT2D eigenvalue weighted by Crippen LogP contribution is -2.21. The van der Waals surface area contributed by atoms with E-state index in [1.54, 1.807) is 7.11 Å². The number of hydrogen-bond donors (Lipinski definition) is 1. The zero-order valence-corrected chi connectivity index (χ0v) is 11.7. The maximum absolute atomic E-state index is 6.05. The summed E-state index contributed by atoms with van der Waals surface area (Å²) in [5, 5.41) is 4.34. The molecule has 17 heavy (non-hydrogen) atoms. The summed E-state index contributed by atoms with van der Waals surface area (Å²) in [5.41, 5.74) is 2.45. The number of methoxy groups -OCH3 is 1. The first-order chi connectivity index (χ1) is 8.19. The highest BCUT2D eigenvalue weighted by molar-refractivity contribution is 6.31. The summed E-state index contributed by atoms with van der Waals surface area (Å²) in [7, 11) is 1.74. The lowest BCUT2D eigenvalue weighted by atomic mass is 10.0. The second kappa shape index (κ2) is 7.70. The highest BCUT2D eigenvalue weighted by atomic mass is 35.5. The smallest absolute Gasteiger partial charge is 0.0462 e. The minimum atomic E-state index is 0.395. The lowest BCUT2D eigenvalue weighted by molar-refractivity contribution is 0.189. The average molecular weight is 256 g/mol. The summed E-state index contributed by atoms with van der Waals surface area (Å²) < 4.78 is 5.10. The molecule has 0 aliphatic carbocycles. The molecule has 2 nitrogen and oxygen atoms in total. The topological polar surface area (TPSA) is 21.3 Å². The predicted octanol–water partition coefficient (Wildman–Crippen LogP) is 3.73. The molecule has 0 heterocycles. The van der Waals surface area contributed by atoms with E-state index in [0.29, 0.717) is 6.04 Å². The molecule has 0 aliphatic heterocycles. The molecule has 3 heteroatoms. The third-order valence-electron chi connectivity index (χ3n) is 2.88. The fourth-order valence-corrected chi connectivity index (χ4v) is 2.07. The van der Waals surface area contributed by atoms with Crippen LogP contribution in [0.5, 0.6) is 0 Å². The Morgan fingerprint density at radius 1 is 1.41 bits per heavy atom. The Bertz CT molecular complexity index is 341. The van der Waals surface area contributed by atoms with Crippen LogP contribution in [0.3, 0.4) is 0 Å². The number of aryl methyl sites for hydroxylation is 1. The maximum Gasteiger partial charge on any atom is 0.0462 e. The maximum atomic E-state index is 6.05. The summed E-state index contributed by atoms with van der Waals surface area (Å²) in [5.74, 6) is 0. The van der Waals surface area contributed by atoms with Crippen molar-refractivity contribution in [3.8, 4) is 0 Å². The van der Waals surface area contributed by atoms with Crippen LogP contribution in [-0.2, 0) is 4.74 Å². The van der Waals surface area contributed by atoms with Gasteiger partial charge in [0.15, 0.2) is 0 Å². The van der Waals surface area contributed by atoms with Crippen molar-refractivity contribution in [1.29, 1.82) is 0 Å². The molecule has 0 spiro atoms.